The van der Waals surface area contributed by atoms with Crippen LogP contribution < -0.4 is 16.0 Å². The van der Waals surface area contributed by atoms with Crippen LogP contribution in [0.3, 0.4) is 0 Å². The highest BCUT2D eigenvalue weighted by Gasteiger charge is 2.37. The lowest BCUT2D eigenvalue weighted by molar-refractivity contribution is -0.384. The van der Waals surface area contributed by atoms with Gasteiger partial charge in [-0.3, -0.25) is 30.3 Å². The van der Waals surface area contributed by atoms with Gasteiger partial charge in [0.05, 0.1) is 25.4 Å². The van der Waals surface area contributed by atoms with Crippen LogP contribution in [0.15, 0.2) is 95.3 Å². The van der Waals surface area contributed by atoms with Gasteiger partial charge in [0.2, 0.25) is 0 Å². The lowest BCUT2D eigenvalue weighted by Crippen LogP contribution is -2.35. The number of nitrogens with zero attached hydrogens (tertiary/aromatic N) is 3. The van der Waals surface area contributed by atoms with E-state index in [2.05, 4.69) is 25.9 Å². The Morgan fingerprint density at radius 2 is 1.24 bits per heavy atom. The molecule has 2 aromatic heterocycles. The maximum Gasteiger partial charge on any atom is 0.269 e. The number of hydrogen-bond donors (Lipinski definition) is 3. The van der Waals surface area contributed by atoms with Crippen molar-refractivity contribution in [2.45, 2.75) is 19.8 Å². The zero-order valence-corrected chi connectivity index (χ0v) is 23.4. The highest BCUT2D eigenvalue weighted by Crippen LogP contribution is 2.40. The molecular weight excluding hydrogens is 560 g/mol. The van der Waals surface area contributed by atoms with Crippen molar-refractivity contribution >= 4 is 70.9 Å². The number of allylic oxidation sites excluding steroid dienone is 2. The number of rotatable bonds is 6. The van der Waals surface area contributed by atoms with E-state index < -0.39 is 22.7 Å². The molecule has 0 saturated heterocycles. The lowest BCUT2D eigenvalue weighted by atomic mass is 9.79. The van der Waals surface area contributed by atoms with Crippen LogP contribution in [0.25, 0.3) is 20.4 Å². The minimum absolute atomic E-state index is 0.0926. The van der Waals surface area contributed by atoms with Crippen molar-refractivity contribution < 1.29 is 14.5 Å². The van der Waals surface area contributed by atoms with Crippen molar-refractivity contribution in [3.8, 4) is 0 Å². The molecule has 0 radical (unpaired) electrons. The Bertz CT molecular complexity index is 1750. The van der Waals surface area contributed by atoms with Crippen molar-refractivity contribution in [2.24, 2.45) is 0 Å². The minimum Gasteiger partial charge on any atom is -0.362 e. The van der Waals surface area contributed by atoms with Crippen molar-refractivity contribution in [2.75, 3.05) is 10.6 Å². The van der Waals surface area contributed by atoms with Gasteiger partial charge in [-0.15, -0.1) is 0 Å². The second kappa shape index (κ2) is 10.6. The predicted octanol–water partition coefficient (Wildman–Crippen LogP) is 6.33. The number of thiazole rings is 2. The Morgan fingerprint density at radius 1 is 0.780 bits per heavy atom. The maximum atomic E-state index is 13.8. The topological polar surface area (TPSA) is 139 Å². The van der Waals surface area contributed by atoms with Crippen LogP contribution in [0.1, 0.15) is 25.3 Å². The molecule has 12 heteroatoms. The number of benzene rings is 3. The summed E-state index contributed by atoms with van der Waals surface area (Å²) in [6, 6.07) is 21.0. The molecule has 0 unspecified atom stereocenters. The number of fused-ring (bicyclic) bond motifs is 2. The summed E-state index contributed by atoms with van der Waals surface area (Å²) in [4.78, 5) is 47.6. The summed E-state index contributed by atoms with van der Waals surface area (Å²) in [6.45, 7) is 3.52. The number of carbonyl (C=O) groups excluding carboxylic acids is 2. The number of aromatic nitrogens is 2. The third-order valence-corrected chi connectivity index (χ3v) is 8.62. The van der Waals surface area contributed by atoms with Crippen molar-refractivity contribution in [3.05, 3.63) is 111 Å². The minimum atomic E-state index is -0.819. The molecule has 0 saturated carbocycles. The van der Waals surface area contributed by atoms with Gasteiger partial charge in [-0.1, -0.05) is 59.1 Å². The Kier molecular flexibility index (Phi) is 6.77. The van der Waals surface area contributed by atoms with Gasteiger partial charge in [0.15, 0.2) is 10.3 Å². The molecule has 204 valence electrons. The van der Waals surface area contributed by atoms with Gasteiger partial charge in [-0.25, -0.2) is 9.97 Å². The number of hydrogen-bond acceptors (Lipinski definition) is 9. The normalized spacial score (nSPS) is 13.9. The second-order valence-electron chi connectivity index (χ2n) is 9.37. The fourth-order valence-electron chi connectivity index (χ4n) is 4.90. The molecule has 5 aromatic rings. The van der Waals surface area contributed by atoms with Crippen molar-refractivity contribution in [1.82, 2.24) is 15.3 Å². The second-order valence-corrected chi connectivity index (χ2v) is 11.4. The number of para-hydroxylation sites is 2. The summed E-state index contributed by atoms with van der Waals surface area (Å²) >= 11 is 2.69. The molecule has 3 aromatic carbocycles. The fraction of sp³-hybridized carbons (Fsp3) is 0.103. The first-order valence-electron chi connectivity index (χ1n) is 12.6. The number of non-ortho nitro benzene ring substituents is 1. The highest BCUT2D eigenvalue weighted by atomic mass is 32.1. The van der Waals surface area contributed by atoms with E-state index in [1.807, 2.05) is 48.5 Å². The summed E-state index contributed by atoms with van der Waals surface area (Å²) in [7, 11) is 0. The van der Waals surface area contributed by atoms with E-state index in [-0.39, 0.29) is 5.69 Å². The molecule has 0 atom stereocenters. The van der Waals surface area contributed by atoms with Crippen LogP contribution in [0.2, 0.25) is 0 Å². The van der Waals surface area contributed by atoms with E-state index >= 15 is 0 Å². The molecule has 10 nitrogen and oxygen atoms in total. The van der Waals surface area contributed by atoms with Crippen LogP contribution in [-0.4, -0.2) is 26.7 Å². The van der Waals surface area contributed by atoms with E-state index in [9.17, 15) is 19.7 Å². The largest absolute Gasteiger partial charge is 0.362 e. The first-order valence-corrected chi connectivity index (χ1v) is 14.2. The first-order chi connectivity index (χ1) is 19.8. The zero-order chi connectivity index (χ0) is 28.7. The molecule has 3 heterocycles. The van der Waals surface area contributed by atoms with Crippen molar-refractivity contribution in [1.29, 1.82) is 0 Å². The summed E-state index contributed by atoms with van der Waals surface area (Å²) in [5.41, 5.74) is 3.71. The first kappa shape index (κ1) is 26.3. The van der Waals surface area contributed by atoms with Crippen LogP contribution in [0.5, 0.6) is 0 Å². The molecule has 3 N–H and O–H groups in total. The Hall–Kier alpha value is -4.94. The third kappa shape index (κ3) is 5.06. The number of nitro groups is 1. The molecule has 1 aliphatic rings. The average Bonchev–Trinajstić information content (AvgIpc) is 3.55. The fourth-order valence-corrected chi connectivity index (χ4v) is 6.62. The number of nitrogens with one attached hydrogen (secondary N) is 3. The molecule has 0 fully saturated rings. The molecule has 0 spiro atoms. The Balaban J connectivity index is 1.39. The number of amides is 2. The van der Waals surface area contributed by atoms with Gasteiger partial charge >= 0.3 is 0 Å². The van der Waals surface area contributed by atoms with Gasteiger partial charge in [-0.05, 0) is 43.7 Å². The quantitative estimate of drug-likeness (QED) is 0.157. The zero-order valence-electron chi connectivity index (χ0n) is 21.8. The number of dihydropyridines is 1. The number of nitro benzene ring substituents is 1. The maximum absolute atomic E-state index is 13.8. The standard InChI is InChI=1S/C29H22N6O4S2/c1-15-23(26(36)33-28-31-19-7-3-5-9-21(19)40-28)25(17-11-13-18(14-12-17)35(38)39)24(16(2)30-15)27(37)34-29-32-20-8-4-6-10-22(20)41-29/h3-14,25,30H,1-2H3,(H,31,33,36)(H,32,34,37). The average molecular weight is 583 g/mol. The Labute approximate surface area is 241 Å². The van der Waals surface area contributed by atoms with Crippen molar-refractivity contribution in [3.63, 3.8) is 0 Å². The summed E-state index contributed by atoms with van der Waals surface area (Å²) < 4.78 is 1.85. The van der Waals surface area contributed by atoms with E-state index in [1.165, 1.54) is 34.8 Å². The van der Waals surface area contributed by atoms with E-state index in [0.717, 1.165) is 20.4 Å². The monoisotopic (exact) mass is 582 g/mol. The van der Waals surface area contributed by atoms with E-state index in [0.29, 0.717) is 38.4 Å². The van der Waals surface area contributed by atoms with Crippen LogP contribution in [0, 0.1) is 10.1 Å². The number of anilines is 2. The molecular formula is C29H22N6O4S2. The SMILES string of the molecule is CC1=C(C(=O)Nc2nc3ccccc3s2)C(c2ccc([N+](=O)[O-])cc2)C(C(=O)Nc2nc3ccccc3s2)=C(C)N1. The molecule has 0 aliphatic carbocycles. The van der Waals surface area contributed by atoms with Crippen LogP contribution in [0.4, 0.5) is 16.0 Å². The smallest absolute Gasteiger partial charge is 0.269 e. The van der Waals surface area contributed by atoms with Gasteiger partial charge in [0.25, 0.3) is 17.5 Å². The van der Waals surface area contributed by atoms with Crippen LogP contribution in [-0.2, 0) is 9.59 Å². The lowest BCUT2D eigenvalue weighted by Gasteiger charge is -2.31. The van der Waals surface area contributed by atoms with E-state index in [1.54, 1.807) is 26.0 Å². The van der Waals surface area contributed by atoms with Gasteiger partial charge < -0.3 is 5.32 Å². The molecule has 0 bridgehead atoms. The van der Waals surface area contributed by atoms with Gasteiger partial charge in [0.1, 0.15) is 0 Å². The summed E-state index contributed by atoms with van der Waals surface area (Å²) in [6.07, 6.45) is 0. The molecule has 41 heavy (non-hydrogen) atoms. The molecule has 1 aliphatic heterocycles. The predicted molar refractivity (Wildman–Crippen MR) is 161 cm³/mol. The Morgan fingerprint density at radius 3 is 1.68 bits per heavy atom. The van der Waals surface area contributed by atoms with Gasteiger partial charge in [0, 0.05) is 40.6 Å². The third-order valence-electron chi connectivity index (χ3n) is 6.72. The molecule has 6 rings (SSSR count). The molecule has 2 amide bonds. The summed E-state index contributed by atoms with van der Waals surface area (Å²) in [5, 5.41) is 21.2. The summed E-state index contributed by atoms with van der Waals surface area (Å²) in [5.74, 6) is -1.69. The van der Waals surface area contributed by atoms with Gasteiger partial charge in [-0.2, -0.15) is 0 Å². The number of carbonyl (C=O) groups is 2. The van der Waals surface area contributed by atoms with E-state index in [4.69, 9.17) is 0 Å². The highest BCUT2D eigenvalue weighted by molar-refractivity contribution is 7.22. The van der Waals surface area contributed by atoms with Crippen LogP contribution >= 0.6 is 22.7 Å².